The van der Waals surface area contributed by atoms with Crippen molar-refractivity contribution in [2.24, 2.45) is 4.99 Å². The Kier molecular flexibility index (Phi) is 11.6. The van der Waals surface area contributed by atoms with Crippen molar-refractivity contribution in [1.29, 1.82) is 0 Å². The molecule has 0 aromatic carbocycles. The van der Waals surface area contributed by atoms with Gasteiger partial charge in [-0.05, 0) is 26.2 Å². The molecule has 0 spiro atoms. The Morgan fingerprint density at radius 2 is 2.05 bits per heavy atom. The fourth-order valence-corrected chi connectivity index (χ4v) is 1.78. The van der Waals surface area contributed by atoms with Crippen LogP contribution in [0, 0.1) is 0 Å². The van der Waals surface area contributed by atoms with E-state index in [0.717, 1.165) is 31.9 Å². The molecule has 0 saturated heterocycles. The maximum atomic E-state index is 10.8. The van der Waals surface area contributed by atoms with Crippen LogP contribution in [0.1, 0.15) is 39.5 Å². The van der Waals surface area contributed by atoms with E-state index in [4.69, 9.17) is 0 Å². The van der Waals surface area contributed by atoms with Gasteiger partial charge in [0.15, 0.2) is 5.96 Å². The quantitative estimate of drug-likeness (QED) is 0.278. The van der Waals surface area contributed by atoms with Crippen LogP contribution in [0.5, 0.6) is 0 Å². The third-order valence-corrected chi connectivity index (χ3v) is 2.85. The summed E-state index contributed by atoms with van der Waals surface area (Å²) in [6.07, 6.45) is 6.63. The van der Waals surface area contributed by atoms with E-state index in [0.29, 0.717) is 13.1 Å². The van der Waals surface area contributed by atoms with Crippen molar-refractivity contribution in [3.05, 3.63) is 12.7 Å². The summed E-state index contributed by atoms with van der Waals surface area (Å²) in [7, 11) is 2.05. The molecule has 1 amide bonds. The molecule has 0 bridgehead atoms. The number of guanidine groups is 1. The number of aliphatic imine (C=N–C) groups is 1. The summed E-state index contributed by atoms with van der Waals surface area (Å²) >= 11 is 0. The first-order valence-corrected chi connectivity index (χ1v) is 7.46. The van der Waals surface area contributed by atoms with Crippen LogP contribution in [0.4, 0.5) is 0 Å². The number of carbonyl (C=O) groups excluding carboxylic acids is 1. The normalized spacial score (nSPS) is 11.1. The highest BCUT2D eigenvalue weighted by Crippen LogP contribution is 2.01. The lowest BCUT2D eigenvalue weighted by atomic mass is 10.2. The number of nitrogens with one attached hydrogen (secondary N) is 2. The second-order valence-corrected chi connectivity index (χ2v) is 4.78. The van der Waals surface area contributed by atoms with E-state index in [9.17, 15) is 4.79 Å². The summed E-state index contributed by atoms with van der Waals surface area (Å²) in [4.78, 5) is 17.4. The molecule has 0 rings (SSSR count). The zero-order valence-corrected chi connectivity index (χ0v) is 13.2. The predicted molar refractivity (Wildman–Crippen MR) is 86.0 cm³/mol. The maximum absolute atomic E-state index is 10.8. The number of allylic oxidation sites excluding steroid dienone is 1. The van der Waals surface area contributed by atoms with Crippen molar-refractivity contribution in [3.8, 4) is 0 Å². The molecule has 0 aliphatic rings. The summed E-state index contributed by atoms with van der Waals surface area (Å²) in [6, 6.07) is 0. The number of rotatable bonds is 10. The van der Waals surface area contributed by atoms with E-state index in [-0.39, 0.29) is 5.91 Å². The predicted octanol–water partition coefficient (Wildman–Crippen LogP) is 1.77. The third kappa shape index (κ3) is 10.4. The minimum absolute atomic E-state index is 0.0132. The van der Waals surface area contributed by atoms with Crippen LogP contribution in [0.15, 0.2) is 17.6 Å². The van der Waals surface area contributed by atoms with Gasteiger partial charge in [0.1, 0.15) is 0 Å². The Labute approximate surface area is 123 Å². The molecule has 0 aromatic rings. The zero-order chi connectivity index (χ0) is 15.2. The zero-order valence-electron chi connectivity index (χ0n) is 13.2. The third-order valence-electron chi connectivity index (χ3n) is 2.85. The van der Waals surface area contributed by atoms with Crippen molar-refractivity contribution >= 4 is 11.9 Å². The Bertz CT molecular complexity index is 302. The molecule has 0 aliphatic carbocycles. The van der Waals surface area contributed by atoms with E-state index >= 15 is 0 Å². The second kappa shape index (κ2) is 12.5. The van der Waals surface area contributed by atoms with Crippen molar-refractivity contribution in [2.45, 2.75) is 39.5 Å². The van der Waals surface area contributed by atoms with Gasteiger partial charge in [-0.3, -0.25) is 9.79 Å². The highest BCUT2D eigenvalue weighted by Gasteiger charge is 2.04. The Morgan fingerprint density at radius 3 is 2.65 bits per heavy atom. The van der Waals surface area contributed by atoms with Crippen LogP contribution >= 0.6 is 0 Å². The van der Waals surface area contributed by atoms with Gasteiger partial charge in [0.25, 0.3) is 0 Å². The molecule has 0 aliphatic heterocycles. The van der Waals surface area contributed by atoms with Gasteiger partial charge < -0.3 is 15.5 Å². The van der Waals surface area contributed by atoms with Gasteiger partial charge >= 0.3 is 0 Å². The first kappa shape index (κ1) is 18.5. The lowest BCUT2D eigenvalue weighted by Crippen LogP contribution is -2.40. The summed E-state index contributed by atoms with van der Waals surface area (Å²) in [5.41, 5.74) is 0. The average Bonchev–Trinajstić information content (AvgIpc) is 2.41. The van der Waals surface area contributed by atoms with Crippen LogP contribution in [-0.4, -0.2) is 50.0 Å². The summed E-state index contributed by atoms with van der Waals surface area (Å²) in [5.74, 6) is 0.891. The molecule has 5 heteroatoms. The van der Waals surface area contributed by atoms with Crippen LogP contribution in [0.25, 0.3) is 0 Å². The van der Waals surface area contributed by atoms with Crippen molar-refractivity contribution < 1.29 is 4.79 Å². The number of nitrogens with zero attached hydrogens (tertiary/aromatic N) is 2. The second-order valence-electron chi connectivity index (χ2n) is 4.78. The van der Waals surface area contributed by atoms with Crippen molar-refractivity contribution in [2.75, 3.05) is 33.2 Å². The van der Waals surface area contributed by atoms with Crippen LogP contribution < -0.4 is 10.6 Å². The Morgan fingerprint density at radius 1 is 1.30 bits per heavy atom. The van der Waals surface area contributed by atoms with Gasteiger partial charge in [-0.1, -0.05) is 12.5 Å². The Balaban J connectivity index is 4.03. The van der Waals surface area contributed by atoms with E-state index in [1.807, 2.05) is 13.1 Å². The fourth-order valence-electron chi connectivity index (χ4n) is 1.78. The molecule has 0 unspecified atom stereocenters. The van der Waals surface area contributed by atoms with Crippen LogP contribution in [-0.2, 0) is 4.79 Å². The minimum atomic E-state index is -0.0132. The topological polar surface area (TPSA) is 56.7 Å². The molecule has 0 aromatic heterocycles. The average molecular weight is 282 g/mol. The molecule has 0 heterocycles. The lowest BCUT2D eigenvalue weighted by Gasteiger charge is -2.22. The van der Waals surface area contributed by atoms with Crippen molar-refractivity contribution in [1.82, 2.24) is 15.5 Å². The molecular formula is C15H30N4O. The first-order chi connectivity index (χ1) is 9.61. The molecule has 2 N–H and O–H groups in total. The van der Waals surface area contributed by atoms with Gasteiger partial charge in [0.2, 0.25) is 5.91 Å². The fraction of sp³-hybridized carbons (Fsp3) is 0.733. The molecule has 0 radical (unpaired) electrons. The van der Waals surface area contributed by atoms with Crippen LogP contribution in [0.2, 0.25) is 0 Å². The molecule has 116 valence electrons. The lowest BCUT2D eigenvalue weighted by molar-refractivity contribution is -0.118. The van der Waals surface area contributed by atoms with E-state index in [1.54, 1.807) is 0 Å². The molecule has 0 fully saturated rings. The minimum Gasteiger partial charge on any atom is -0.357 e. The van der Waals surface area contributed by atoms with E-state index < -0.39 is 0 Å². The molecular weight excluding hydrogens is 252 g/mol. The van der Waals surface area contributed by atoms with Crippen LogP contribution in [0.3, 0.4) is 0 Å². The summed E-state index contributed by atoms with van der Waals surface area (Å²) in [6.45, 7) is 10.3. The molecule has 0 saturated carbocycles. The highest BCUT2D eigenvalue weighted by atomic mass is 16.1. The maximum Gasteiger partial charge on any atom is 0.216 e. The van der Waals surface area contributed by atoms with Gasteiger partial charge in [-0.15, -0.1) is 6.58 Å². The van der Waals surface area contributed by atoms with Gasteiger partial charge in [-0.2, -0.15) is 0 Å². The molecule has 0 atom stereocenters. The molecule has 5 nitrogen and oxygen atoms in total. The van der Waals surface area contributed by atoms with Gasteiger partial charge in [0.05, 0.1) is 6.54 Å². The first-order valence-electron chi connectivity index (χ1n) is 7.46. The number of hydrogen-bond donors (Lipinski definition) is 2. The highest BCUT2D eigenvalue weighted by molar-refractivity contribution is 5.79. The standard InChI is InChI=1S/C15H30N4O/c1-5-7-8-9-10-13-19(4)15(16-6-2)18-12-11-17-14(3)20/h5H,1,6-13H2,2-4H3,(H,16,18)(H,17,20). The number of amides is 1. The summed E-state index contributed by atoms with van der Waals surface area (Å²) < 4.78 is 0. The Hall–Kier alpha value is -1.52. The number of unbranched alkanes of at least 4 members (excludes halogenated alkanes) is 3. The number of carbonyl (C=O) groups is 1. The SMILES string of the molecule is C=CCCCCCN(C)C(=NCCNC(C)=O)NCC. The monoisotopic (exact) mass is 282 g/mol. The van der Waals surface area contributed by atoms with Crippen molar-refractivity contribution in [3.63, 3.8) is 0 Å². The number of hydrogen-bond acceptors (Lipinski definition) is 2. The largest absolute Gasteiger partial charge is 0.357 e. The van der Waals surface area contributed by atoms with E-state index in [1.165, 1.54) is 19.8 Å². The smallest absolute Gasteiger partial charge is 0.216 e. The molecule has 20 heavy (non-hydrogen) atoms. The van der Waals surface area contributed by atoms with Gasteiger partial charge in [0, 0.05) is 33.6 Å². The summed E-state index contributed by atoms with van der Waals surface area (Å²) in [5, 5.41) is 6.02. The van der Waals surface area contributed by atoms with E-state index in [2.05, 4.69) is 34.0 Å². The van der Waals surface area contributed by atoms with Gasteiger partial charge in [-0.25, -0.2) is 0 Å².